The summed E-state index contributed by atoms with van der Waals surface area (Å²) in [7, 11) is 0. The normalized spacial score (nSPS) is 19.1. The smallest absolute Gasteiger partial charge is 0.0887 e. The van der Waals surface area contributed by atoms with Crippen molar-refractivity contribution in [3.8, 4) is 11.3 Å². The van der Waals surface area contributed by atoms with E-state index in [2.05, 4.69) is 55.2 Å². The second kappa shape index (κ2) is 5.12. The molecule has 3 rings (SSSR count). The molecule has 0 amide bonds. The molecular weight excluding hydrogens is 244 g/mol. The summed E-state index contributed by atoms with van der Waals surface area (Å²) in [6.45, 7) is 6.71. The molecule has 102 valence electrons. The van der Waals surface area contributed by atoms with E-state index >= 15 is 0 Å². The van der Waals surface area contributed by atoms with Gasteiger partial charge in [0.15, 0.2) is 0 Å². The summed E-state index contributed by atoms with van der Waals surface area (Å²) in [5.41, 5.74) is 7.54. The Hall–Kier alpha value is -2.09. The summed E-state index contributed by atoms with van der Waals surface area (Å²) in [6, 6.07) is 12.5. The van der Waals surface area contributed by atoms with Crippen molar-refractivity contribution in [1.82, 2.24) is 10.2 Å². The van der Waals surface area contributed by atoms with Gasteiger partial charge in [-0.05, 0) is 43.4 Å². The maximum absolute atomic E-state index is 4.49. The van der Waals surface area contributed by atoms with Crippen molar-refractivity contribution in [2.24, 2.45) is 5.92 Å². The number of nitrogens with zero attached hydrogens (tertiary/aromatic N) is 1. The summed E-state index contributed by atoms with van der Waals surface area (Å²) in [5.74, 6) is 0.604. The van der Waals surface area contributed by atoms with Crippen molar-refractivity contribution in [3.05, 3.63) is 59.3 Å². The van der Waals surface area contributed by atoms with E-state index in [0.717, 1.165) is 17.8 Å². The highest BCUT2D eigenvalue weighted by Crippen LogP contribution is 2.34. The number of H-pyrrole nitrogens is 1. The van der Waals surface area contributed by atoms with Gasteiger partial charge < -0.3 is 0 Å². The molecule has 1 unspecified atom stereocenters. The highest BCUT2D eigenvalue weighted by atomic mass is 15.1. The van der Waals surface area contributed by atoms with Crippen LogP contribution in [0, 0.1) is 5.92 Å². The first kappa shape index (κ1) is 12.9. The minimum absolute atomic E-state index is 0.604. The van der Waals surface area contributed by atoms with Gasteiger partial charge in [0, 0.05) is 0 Å². The van der Waals surface area contributed by atoms with Gasteiger partial charge in [0.05, 0.1) is 11.4 Å². The number of hydrogen-bond donors (Lipinski definition) is 1. The maximum atomic E-state index is 4.49. The molecule has 2 aromatic rings. The van der Waals surface area contributed by atoms with Crippen LogP contribution in [0.2, 0.25) is 0 Å². The lowest BCUT2D eigenvalue weighted by Gasteiger charge is -2.21. The van der Waals surface area contributed by atoms with Crippen molar-refractivity contribution in [1.29, 1.82) is 0 Å². The highest BCUT2D eigenvalue weighted by Gasteiger charge is 2.18. The quantitative estimate of drug-likeness (QED) is 0.826. The molecule has 1 heterocycles. The van der Waals surface area contributed by atoms with Crippen LogP contribution < -0.4 is 0 Å². The van der Waals surface area contributed by atoms with Gasteiger partial charge in [-0.15, -0.1) is 0 Å². The molecule has 0 radical (unpaired) electrons. The predicted molar refractivity (Wildman–Crippen MR) is 84.2 cm³/mol. The molecule has 1 aromatic heterocycles. The molecule has 1 aliphatic carbocycles. The first-order chi connectivity index (χ1) is 9.65. The lowest BCUT2D eigenvalue weighted by molar-refractivity contribution is 0.687. The molecular formula is C18H20N2. The van der Waals surface area contributed by atoms with Crippen LogP contribution in [-0.2, 0) is 0 Å². The largest absolute Gasteiger partial charge is 0.277 e. The zero-order chi connectivity index (χ0) is 14.1. The van der Waals surface area contributed by atoms with E-state index in [1.54, 1.807) is 0 Å². The van der Waals surface area contributed by atoms with Crippen LogP contribution in [0.1, 0.15) is 32.9 Å². The van der Waals surface area contributed by atoms with Gasteiger partial charge in [0.1, 0.15) is 0 Å². The van der Waals surface area contributed by atoms with Crippen LogP contribution in [0.5, 0.6) is 0 Å². The number of aromatic amines is 1. The van der Waals surface area contributed by atoms with Gasteiger partial charge in [0.25, 0.3) is 0 Å². The highest BCUT2D eigenvalue weighted by molar-refractivity contribution is 5.72. The van der Waals surface area contributed by atoms with Crippen LogP contribution >= 0.6 is 0 Å². The summed E-state index contributed by atoms with van der Waals surface area (Å²) < 4.78 is 0. The zero-order valence-electron chi connectivity index (χ0n) is 12.3. The summed E-state index contributed by atoms with van der Waals surface area (Å²) in [6.07, 6.45) is 3.35. The van der Waals surface area contributed by atoms with Crippen molar-refractivity contribution in [3.63, 3.8) is 0 Å². The first-order valence-corrected chi connectivity index (χ1v) is 7.14. The third-order valence-electron chi connectivity index (χ3n) is 4.27. The molecule has 0 bridgehead atoms. The van der Waals surface area contributed by atoms with Crippen molar-refractivity contribution < 1.29 is 0 Å². The van der Waals surface area contributed by atoms with Crippen LogP contribution in [0.15, 0.2) is 53.6 Å². The fourth-order valence-electron chi connectivity index (χ4n) is 2.74. The Bertz CT molecular complexity index is 674. The van der Waals surface area contributed by atoms with Crippen LogP contribution in [-0.4, -0.2) is 10.2 Å². The minimum Gasteiger partial charge on any atom is -0.277 e. The molecule has 2 heteroatoms. The van der Waals surface area contributed by atoms with Gasteiger partial charge in [0.2, 0.25) is 0 Å². The molecule has 0 saturated heterocycles. The van der Waals surface area contributed by atoms with E-state index in [0.29, 0.717) is 5.92 Å². The fraction of sp³-hybridized carbons (Fsp3) is 0.278. The Morgan fingerprint density at radius 1 is 1.15 bits per heavy atom. The second-order valence-electron chi connectivity index (χ2n) is 5.67. The minimum atomic E-state index is 0.604. The Morgan fingerprint density at radius 2 is 1.90 bits per heavy atom. The molecule has 0 saturated carbocycles. The van der Waals surface area contributed by atoms with Crippen molar-refractivity contribution in [2.45, 2.75) is 27.2 Å². The van der Waals surface area contributed by atoms with Gasteiger partial charge in [-0.3, -0.25) is 5.10 Å². The van der Waals surface area contributed by atoms with Gasteiger partial charge in [-0.1, -0.05) is 54.5 Å². The van der Waals surface area contributed by atoms with Crippen LogP contribution in [0.25, 0.3) is 16.8 Å². The second-order valence-corrected chi connectivity index (χ2v) is 5.67. The third kappa shape index (κ3) is 2.34. The van der Waals surface area contributed by atoms with Crippen molar-refractivity contribution >= 4 is 5.57 Å². The molecule has 1 atom stereocenters. The number of allylic oxidation sites excluding steroid dienone is 4. The topological polar surface area (TPSA) is 28.7 Å². The monoisotopic (exact) mass is 264 g/mol. The van der Waals surface area contributed by atoms with Crippen molar-refractivity contribution in [2.75, 3.05) is 0 Å². The number of aromatic nitrogens is 2. The van der Waals surface area contributed by atoms with E-state index in [1.807, 2.05) is 18.2 Å². The SMILES string of the molecule is CC1=C(C)C(C)CC(c2cc(-c3ccccc3)[nH]n2)=C1. The van der Waals surface area contributed by atoms with Gasteiger partial charge in [-0.2, -0.15) is 5.10 Å². The van der Waals surface area contributed by atoms with E-state index in [4.69, 9.17) is 0 Å². The number of nitrogens with one attached hydrogen (secondary N) is 1. The van der Waals surface area contributed by atoms with E-state index in [-0.39, 0.29) is 0 Å². The molecule has 0 fully saturated rings. The first-order valence-electron chi connectivity index (χ1n) is 7.14. The summed E-state index contributed by atoms with van der Waals surface area (Å²) in [4.78, 5) is 0. The molecule has 20 heavy (non-hydrogen) atoms. The molecule has 1 aromatic carbocycles. The standard InChI is InChI=1S/C18H20N2/c1-12-9-16(10-13(2)14(12)3)18-11-17(19-20-18)15-7-5-4-6-8-15/h4-9,11,13H,10H2,1-3H3,(H,19,20). The number of rotatable bonds is 2. The van der Waals surface area contributed by atoms with Gasteiger partial charge >= 0.3 is 0 Å². The van der Waals surface area contributed by atoms with Gasteiger partial charge in [-0.25, -0.2) is 0 Å². The zero-order valence-corrected chi connectivity index (χ0v) is 12.3. The Labute approximate surface area is 120 Å². The average Bonchev–Trinajstić information content (AvgIpc) is 2.95. The van der Waals surface area contributed by atoms with E-state index in [1.165, 1.54) is 22.3 Å². The predicted octanol–water partition coefficient (Wildman–Crippen LogP) is 4.84. The third-order valence-corrected chi connectivity index (χ3v) is 4.27. The summed E-state index contributed by atoms with van der Waals surface area (Å²) in [5, 5.41) is 7.65. The maximum Gasteiger partial charge on any atom is 0.0887 e. The molecule has 1 aliphatic rings. The Balaban J connectivity index is 1.94. The van der Waals surface area contributed by atoms with Crippen LogP contribution in [0.3, 0.4) is 0 Å². The lowest BCUT2D eigenvalue weighted by atomic mass is 9.84. The Morgan fingerprint density at radius 3 is 2.60 bits per heavy atom. The summed E-state index contributed by atoms with van der Waals surface area (Å²) >= 11 is 0. The molecule has 1 N–H and O–H groups in total. The molecule has 0 spiro atoms. The van der Waals surface area contributed by atoms with Crippen LogP contribution in [0.4, 0.5) is 0 Å². The Kier molecular flexibility index (Phi) is 3.31. The number of benzene rings is 1. The molecule has 0 aliphatic heterocycles. The van der Waals surface area contributed by atoms with E-state index in [9.17, 15) is 0 Å². The fourth-order valence-corrected chi connectivity index (χ4v) is 2.74. The van der Waals surface area contributed by atoms with E-state index < -0.39 is 0 Å². The number of hydrogen-bond acceptors (Lipinski definition) is 1. The lowest BCUT2D eigenvalue weighted by Crippen LogP contribution is -2.05. The average molecular weight is 264 g/mol. The molecule has 2 nitrogen and oxygen atoms in total.